The van der Waals surface area contributed by atoms with E-state index in [0.717, 1.165) is 31.9 Å². The van der Waals surface area contributed by atoms with Crippen LogP contribution >= 0.6 is 0 Å². The van der Waals surface area contributed by atoms with Gasteiger partial charge < -0.3 is 15.0 Å². The van der Waals surface area contributed by atoms with Crippen molar-refractivity contribution in [3.8, 4) is 5.75 Å². The molecule has 0 bridgehead atoms. The third-order valence-electron chi connectivity index (χ3n) is 4.32. The topological polar surface area (TPSA) is 67.3 Å². The first-order valence-corrected chi connectivity index (χ1v) is 8.31. The maximum Gasteiger partial charge on any atom is 0.251 e. The molecule has 3 rings (SSSR count). The molecule has 7 heteroatoms. The van der Waals surface area contributed by atoms with E-state index in [1.807, 2.05) is 0 Å². The van der Waals surface area contributed by atoms with Gasteiger partial charge in [0, 0.05) is 37.6 Å². The number of nitrogens with zero attached hydrogens (tertiary/aromatic N) is 3. The average Bonchev–Trinajstić information content (AvgIpc) is 2.67. The maximum atomic E-state index is 13.4. The lowest BCUT2D eigenvalue weighted by Crippen LogP contribution is -2.41. The van der Waals surface area contributed by atoms with Crippen molar-refractivity contribution in [1.82, 2.24) is 15.3 Å². The van der Waals surface area contributed by atoms with E-state index >= 15 is 0 Å². The van der Waals surface area contributed by atoms with Gasteiger partial charge in [0.2, 0.25) is 5.95 Å². The first kappa shape index (κ1) is 17.1. The second-order valence-corrected chi connectivity index (χ2v) is 6.06. The number of hydrogen-bond acceptors (Lipinski definition) is 5. The minimum Gasteiger partial charge on any atom is -0.494 e. The number of benzene rings is 1. The largest absolute Gasteiger partial charge is 0.494 e. The second-order valence-electron chi connectivity index (χ2n) is 6.06. The molecule has 2 heterocycles. The molecule has 1 aliphatic heterocycles. The summed E-state index contributed by atoms with van der Waals surface area (Å²) in [5, 5.41) is 2.93. The number of carbonyl (C=O) groups is 1. The fourth-order valence-electron chi connectivity index (χ4n) is 3.01. The number of anilines is 1. The summed E-state index contributed by atoms with van der Waals surface area (Å²) in [6, 6.07) is 5.90. The van der Waals surface area contributed by atoms with Gasteiger partial charge in [-0.2, -0.15) is 0 Å². The zero-order chi connectivity index (χ0) is 17.6. The van der Waals surface area contributed by atoms with Crippen LogP contribution in [0.25, 0.3) is 0 Å². The molecule has 1 fully saturated rings. The van der Waals surface area contributed by atoms with Gasteiger partial charge in [0.15, 0.2) is 11.6 Å². The molecule has 1 amide bonds. The Bertz CT molecular complexity index is 726. The lowest BCUT2D eigenvalue weighted by Gasteiger charge is -2.32. The quantitative estimate of drug-likeness (QED) is 0.901. The van der Waals surface area contributed by atoms with E-state index in [4.69, 9.17) is 4.74 Å². The summed E-state index contributed by atoms with van der Waals surface area (Å²) in [7, 11) is 1.38. The standard InChI is InChI=1S/C18H21FN4O2/c1-25-16-10-14(5-6-15(16)19)17(24)22-11-13-4-2-9-23(12-13)18-20-7-3-8-21-18/h3,5-8,10,13H,2,4,9,11-12H2,1H3,(H,22,24)/t13-/m1/s1. The number of amides is 1. The molecule has 0 aliphatic carbocycles. The molecule has 1 aromatic heterocycles. The lowest BCUT2D eigenvalue weighted by atomic mass is 9.98. The second kappa shape index (κ2) is 7.92. The zero-order valence-corrected chi connectivity index (χ0v) is 14.1. The van der Waals surface area contributed by atoms with Crippen LogP contribution in [0.4, 0.5) is 10.3 Å². The predicted octanol–water partition coefficient (Wildman–Crippen LogP) is 2.27. The third-order valence-corrected chi connectivity index (χ3v) is 4.32. The van der Waals surface area contributed by atoms with Crippen LogP contribution in [0, 0.1) is 11.7 Å². The van der Waals surface area contributed by atoms with Crippen LogP contribution in [-0.4, -0.2) is 42.6 Å². The highest BCUT2D eigenvalue weighted by Crippen LogP contribution is 2.20. The van der Waals surface area contributed by atoms with Crippen LogP contribution in [-0.2, 0) is 0 Å². The summed E-state index contributed by atoms with van der Waals surface area (Å²) in [5.41, 5.74) is 0.386. The number of aromatic nitrogens is 2. The third kappa shape index (κ3) is 4.23. The Balaban J connectivity index is 1.57. The molecule has 0 saturated carbocycles. The molecule has 0 spiro atoms. The smallest absolute Gasteiger partial charge is 0.251 e. The fourth-order valence-corrected chi connectivity index (χ4v) is 3.01. The van der Waals surface area contributed by atoms with E-state index in [1.54, 1.807) is 18.5 Å². The number of rotatable bonds is 5. The van der Waals surface area contributed by atoms with Gasteiger partial charge in [0.05, 0.1) is 7.11 Å². The molecule has 1 saturated heterocycles. The number of halogens is 1. The number of methoxy groups -OCH3 is 1. The molecule has 0 radical (unpaired) electrons. The Kier molecular flexibility index (Phi) is 5.42. The van der Waals surface area contributed by atoms with E-state index in [2.05, 4.69) is 20.2 Å². The summed E-state index contributed by atoms with van der Waals surface area (Å²) in [5.74, 6) is 0.402. The number of piperidine rings is 1. The van der Waals surface area contributed by atoms with E-state index in [0.29, 0.717) is 18.0 Å². The van der Waals surface area contributed by atoms with Crippen LogP contribution in [0.5, 0.6) is 5.75 Å². The van der Waals surface area contributed by atoms with Gasteiger partial charge in [-0.05, 0) is 43.0 Å². The van der Waals surface area contributed by atoms with Crippen LogP contribution in [0.1, 0.15) is 23.2 Å². The molecule has 132 valence electrons. The van der Waals surface area contributed by atoms with E-state index < -0.39 is 5.82 Å². The van der Waals surface area contributed by atoms with Gasteiger partial charge >= 0.3 is 0 Å². The van der Waals surface area contributed by atoms with Gasteiger partial charge in [-0.15, -0.1) is 0 Å². The zero-order valence-electron chi connectivity index (χ0n) is 14.1. The van der Waals surface area contributed by atoms with E-state index in [9.17, 15) is 9.18 Å². The van der Waals surface area contributed by atoms with Gasteiger partial charge in [-0.1, -0.05) is 0 Å². The molecule has 2 aromatic rings. The highest BCUT2D eigenvalue weighted by atomic mass is 19.1. The molecule has 0 unspecified atom stereocenters. The number of hydrogen-bond donors (Lipinski definition) is 1. The van der Waals surface area contributed by atoms with E-state index in [1.165, 1.54) is 25.3 Å². The van der Waals surface area contributed by atoms with Gasteiger partial charge in [0.25, 0.3) is 5.91 Å². The van der Waals surface area contributed by atoms with Crippen molar-refractivity contribution in [2.75, 3.05) is 31.6 Å². The molecule has 6 nitrogen and oxygen atoms in total. The van der Waals surface area contributed by atoms with Gasteiger partial charge in [-0.25, -0.2) is 14.4 Å². The molecular formula is C18H21FN4O2. The number of carbonyl (C=O) groups excluding carboxylic acids is 1. The molecule has 1 aliphatic rings. The van der Waals surface area contributed by atoms with Crippen molar-refractivity contribution < 1.29 is 13.9 Å². The van der Waals surface area contributed by atoms with Crippen LogP contribution in [0.15, 0.2) is 36.7 Å². The molecule has 25 heavy (non-hydrogen) atoms. The molecule has 1 N–H and O–H groups in total. The molecule has 1 atom stereocenters. The first-order chi connectivity index (χ1) is 12.2. The highest BCUT2D eigenvalue weighted by molar-refractivity contribution is 5.94. The Hall–Kier alpha value is -2.70. The number of nitrogens with one attached hydrogen (secondary N) is 1. The normalized spacial score (nSPS) is 17.2. The van der Waals surface area contributed by atoms with Crippen molar-refractivity contribution in [2.45, 2.75) is 12.8 Å². The van der Waals surface area contributed by atoms with Crippen LogP contribution in [0.2, 0.25) is 0 Å². The Morgan fingerprint density at radius 2 is 2.20 bits per heavy atom. The molecule has 1 aromatic carbocycles. The van der Waals surface area contributed by atoms with Crippen molar-refractivity contribution in [2.24, 2.45) is 5.92 Å². The SMILES string of the molecule is COc1cc(C(=O)NC[C@H]2CCCN(c3ncccn3)C2)ccc1F. The highest BCUT2D eigenvalue weighted by Gasteiger charge is 2.22. The summed E-state index contributed by atoms with van der Waals surface area (Å²) >= 11 is 0. The van der Waals surface area contributed by atoms with Crippen molar-refractivity contribution in [1.29, 1.82) is 0 Å². The van der Waals surface area contributed by atoms with Gasteiger partial charge in [0.1, 0.15) is 0 Å². The van der Waals surface area contributed by atoms with Crippen molar-refractivity contribution >= 4 is 11.9 Å². The first-order valence-electron chi connectivity index (χ1n) is 8.31. The molecular weight excluding hydrogens is 323 g/mol. The fraction of sp³-hybridized carbons (Fsp3) is 0.389. The van der Waals surface area contributed by atoms with E-state index in [-0.39, 0.29) is 11.7 Å². The van der Waals surface area contributed by atoms with Crippen molar-refractivity contribution in [3.63, 3.8) is 0 Å². The van der Waals surface area contributed by atoms with Crippen molar-refractivity contribution in [3.05, 3.63) is 48.0 Å². The summed E-state index contributed by atoms with van der Waals surface area (Å²) in [6.45, 7) is 2.28. The summed E-state index contributed by atoms with van der Waals surface area (Å²) in [4.78, 5) is 23.0. The minimum absolute atomic E-state index is 0.0673. The van der Waals surface area contributed by atoms with Gasteiger partial charge in [-0.3, -0.25) is 4.79 Å². The average molecular weight is 344 g/mol. The Labute approximate surface area is 146 Å². The summed E-state index contributed by atoms with van der Waals surface area (Å²) < 4.78 is 18.4. The Morgan fingerprint density at radius 3 is 2.96 bits per heavy atom. The maximum absolute atomic E-state index is 13.4. The Morgan fingerprint density at radius 1 is 1.40 bits per heavy atom. The predicted molar refractivity (Wildman–Crippen MR) is 92.3 cm³/mol. The van der Waals surface area contributed by atoms with Crippen LogP contribution < -0.4 is 15.0 Å². The number of ether oxygens (including phenoxy) is 1. The van der Waals surface area contributed by atoms with Crippen LogP contribution in [0.3, 0.4) is 0 Å². The lowest BCUT2D eigenvalue weighted by molar-refractivity contribution is 0.0945. The summed E-state index contributed by atoms with van der Waals surface area (Å²) in [6.07, 6.45) is 5.53. The minimum atomic E-state index is -0.482. The monoisotopic (exact) mass is 344 g/mol.